The van der Waals surface area contributed by atoms with Gasteiger partial charge in [0, 0.05) is 44.0 Å². The number of hydrogen-bond acceptors (Lipinski definition) is 4. The quantitative estimate of drug-likeness (QED) is 0.437. The standard InChI is InChI=1S/C28H35ClF3N3O3/c1-19(2)33-25(36)23-12-11-22(18-24(23)29)35-16-13-20(14-17-35)8-7-15-34(3)26(37)27(38,28(30,31)32)21-9-5-4-6-10-21/h4-6,9-12,18-20,38H,7-8,13-17H2,1-3H3,(H,33,36). The number of amides is 2. The lowest BCUT2D eigenvalue weighted by Crippen LogP contribution is -2.55. The van der Waals surface area contributed by atoms with Crippen LogP contribution in [0.4, 0.5) is 18.9 Å². The maximum absolute atomic E-state index is 13.8. The zero-order valence-corrected chi connectivity index (χ0v) is 22.6. The van der Waals surface area contributed by atoms with Crippen molar-refractivity contribution in [2.75, 3.05) is 31.6 Å². The smallest absolute Gasteiger partial charge is 0.371 e. The average Bonchev–Trinajstić information content (AvgIpc) is 2.87. The number of nitrogens with one attached hydrogen (secondary N) is 1. The number of anilines is 1. The van der Waals surface area contributed by atoms with Gasteiger partial charge in [-0.1, -0.05) is 41.9 Å². The van der Waals surface area contributed by atoms with E-state index in [9.17, 15) is 27.9 Å². The highest BCUT2D eigenvalue weighted by atomic mass is 35.5. The molecular formula is C28H35ClF3N3O3. The fourth-order valence-corrected chi connectivity index (χ4v) is 5.05. The highest BCUT2D eigenvalue weighted by molar-refractivity contribution is 6.34. The van der Waals surface area contributed by atoms with Gasteiger partial charge in [0.05, 0.1) is 10.6 Å². The van der Waals surface area contributed by atoms with Gasteiger partial charge in [0.2, 0.25) is 0 Å². The van der Waals surface area contributed by atoms with Gasteiger partial charge in [-0.05, 0) is 63.6 Å². The minimum atomic E-state index is -5.15. The Balaban J connectivity index is 1.51. The molecule has 38 heavy (non-hydrogen) atoms. The third-order valence-corrected chi connectivity index (χ3v) is 7.27. The number of aliphatic hydroxyl groups is 1. The summed E-state index contributed by atoms with van der Waals surface area (Å²) in [5, 5.41) is 13.7. The van der Waals surface area contributed by atoms with Crippen molar-refractivity contribution in [3.8, 4) is 0 Å². The number of alkyl halides is 3. The SMILES string of the molecule is CC(C)NC(=O)c1ccc(N2CCC(CCCN(C)C(=O)C(O)(c3ccccc3)C(F)(F)F)CC2)cc1Cl. The average molecular weight is 554 g/mol. The lowest BCUT2D eigenvalue weighted by Gasteiger charge is -2.35. The van der Waals surface area contributed by atoms with Crippen LogP contribution in [0.2, 0.25) is 5.02 Å². The predicted molar refractivity (Wildman–Crippen MR) is 142 cm³/mol. The van der Waals surface area contributed by atoms with E-state index in [1.807, 2.05) is 19.9 Å². The summed E-state index contributed by atoms with van der Waals surface area (Å²) in [6.07, 6.45) is -2.08. The van der Waals surface area contributed by atoms with Crippen molar-refractivity contribution in [1.29, 1.82) is 0 Å². The molecule has 0 aromatic heterocycles. The van der Waals surface area contributed by atoms with E-state index in [1.165, 1.54) is 25.2 Å². The molecule has 1 saturated heterocycles. The van der Waals surface area contributed by atoms with Crippen LogP contribution in [-0.4, -0.2) is 60.7 Å². The molecule has 2 aromatic rings. The molecule has 1 aliphatic rings. The number of hydrogen-bond donors (Lipinski definition) is 2. The predicted octanol–water partition coefficient (Wildman–Crippen LogP) is 5.38. The van der Waals surface area contributed by atoms with Gasteiger partial charge in [-0.3, -0.25) is 9.59 Å². The van der Waals surface area contributed by atoms with Gasteiger partial charge >= 0.3 is 6.18 Å². The maximum atomic E-state index is 13.8. The molecule has 1 heterocycles. The summed E-state index contributed by atoms with van der Waals surface area (Å²) in [7, 11) is 1.29. The fraction of sp³-hybridized carbons (Fsp3) is 0.500. The summed E-state index contributed by atoms with van der Waals surface area (Å²) in [6, 6.07) is 11.9. The lowest BCUT2D eigenvalue weighted by molar-refractivity contribution is -0.261. The zero-order valence-electron chi connectivity index (χ0n) is 21.9. The van der Waals surface area contributed by atoms with Crippen molar-refractivity contribution in [2.24, 2.45) is 5.92 Å². The fourth-order valence-electron chi connectivity index (χ4n) is 4.79. The van der Waals surface area contributed by atoms with Crippen molar-refractivity contribution < 1.29 is 27.9 Å². The number of benzene rings is 2. The van der Waals surface area contributed by atoms with Crippen molar-refractivity contribution >= 4 is 29.1 Å². The second-order valence-electron chi connectivity index (χ2n) is 10.2. The maximum Gasteiger partial charge on any atom is 0.430 e. The van der Waals surface area contributed by atoms with Crippen LogP contribution in [0.25, 0.3) is 0 Å². The van der Waals surface area contributed by atoms with Crippen molar-refractivity contribution in [3.05, 3.63) is 64.7 Å². The Kier molecular flexibility index (Phi) is 9.70. The van der Waals surface area contributed by atoms with Crippen LogP contribution in [0.5, 0.6) is 0 Å². The van der Waals surface area contributed by atoms with Crippen LogP contribution >= 0.6 is 11.6 Å². The Morgan fingerprint density at radius 3 is 2.32 bits per heavy atom. The van der Waals surface area contributed by atoms with Gasteiger partial charge in [0.15, 0.2) is 0 Å². The molecule has 1 atom stereocenters. The van der Waals surface area contributed by atoms with Crippen LogP contribution in [0.1, 0.15) is 55.5 Å². The Labute approximate surface area is 226 Å². The Hall–Kier alpha value is -2.78. The number of nitrogens with zero attached hydrogens (tertiary/aromatic N) is 2. The zero-order chi connectivity index (χ0) is 28.1. The van der Waals surface area contributed by atoms with Gasteiger partial charge in [0.25, 0.3) is 17.4 Å². The molecule has 6 nitrogen and oxygen atoms in total. The van der Waals surface area contributed by atoms with E-state index in [2.05, 4.69) is 10.2 Å². The monoisotopic (exact) mass is 553 g/mol. The molecule has 1 aliphatic heterocycles. The molecule has 10 heteroatoms. The molecule has 1 unspecified atom stereocenters. The largest absolute Gasteiger partial charge is 0.430 e. The van der Waals surface area contributed by atoms with Crippen LogP contribution in [0.3, 0.4) is 0 Å². The van der Waals surface area contributed by atoms with Crippen LogP contribution in [-0.2, 0) is 10.4 Å². The Morgan fingerprint density at radius 2 is 1.76 bits per heavy atom. The van der Waals surface area contributed by atoms with Crippen molar-refractivity contribution in [3.63, 3.8) is 0 Å². The summed E-state index contributed by atoms with van der Waals surface area (Å²) >= 11 is 6.37. The van der Waals surface area contributed by atoms with Gasteiger partial charge in [0.1, 0.15) is 0 Å². The third-order valence-electron chi connectivity index (χ3n) is 6.96. The van der Waals surface area contributed by atoms with E-state index in [-0.39, 0.29) is 18.5 Å². The van der Waals surface area contributed by atoms with E-state index in [4.69, 9.17) is 11.6 Å². The molecule has 3 rings (SSSR count). The molecule has 0 bridgehead atoms. The van der Waals surface area contributed by atoms with Crippen LogP contribution in [0.15, 0.2) is 48.5 Å². The molecule has 1 fully saturated rings. The van der Waals surface area contributed by atoms with Gasteiger partial charge in [-0.25, -0.2) is 0 Å². The minimum absolute atomic E-state index is 0.00913. The van der Waals surface area contributed by atoms with E-state index in [0.717, 1.165) is 55.1 Å². The van der Waals surface area contributed by atoms with E-state index >= 15 is 0 Å². The number of piperidine rings is 1. The summed E-state index contributed by atoms with van der Waals surface area (Å²) < 4.78 is 41.4. The molecule has 0 aliphatic carbocycles. The van der Waals surface area contributed by atoms with Gasteiger partial charge in [-0.15, -0.1) is 0 Å². The summed E-state index contributed by atoms with van der Waals surface area (Å²) in [4.78, 5) is 28.2. The highest BCUT2D eigenvalue weighted by Crippen LogP contribution is 2.40. The lowest BCUT2D eigenvalue weighted by atomic mass is 9.90. The summed E-state index contributed by atoms with van der Waals surface area (Å²) in [5.41, 5.74) is -2.71. The van der Waals surface area contributed by atoms with Gasteiger partial charge < -0.3 is 20.2 Å². The summed E-state index contributed by atoms with van der Waals surface area (Å²) in [6.45, 7) is 5.45. The molecule has 208 valence electrons. The van der Waals surface area contributed by atoms with Crippen LogP contribution < -0.4 is 10.2 Å². The molecule has 0 saturated carbocycles. The Bertz CT molecular complexity index is 1110. The van der Waals surface area contributed by atoms with E-state index < -0.39 is 23.2 Å². The molecule has 2 aromatic carbocycles. The van der Waals surface area contributed by atoms with Crippen molar-refractivity contribution in [2.45, 2.75) is 57.3 Å². The second kappa shape index (κ2) is 12.4. The van der Waals surface area contributed by atoms with Crippen LogP contribution in [0, 0.1) is 5.92 Å². The minimum Gasteiger partial charge on any atom is -0.371 e. The number of carbonyl (C=O) groups is 2. The summed E-state index contributed by atoms with van der Waals surface area (Å²) in [5.74, 6) is -1.22. The normalized spacial score (nSPS) is 16.3. The van der Waals surface area contributed by atoms with Gasteiger partial charge in [-0.2, -0.15) is 13.2 Å². The first-order valence-corrected chi connectivity index (χ1v) is 13.2. The van der Waals surface area contributed by atoms with Crippen molar-refractivity contribution in [1.82, 2.24) is 10.2 Å². The third kappa shape index (κ3) is 6.80. The first-order chi connectivity index (χ1) is 17.8. The molecular weight excluding hydrogens is 519 g/mol. The molecule has 0 spiro atoms. The highest BCUT2D eigenvalue weighted by Gasteiger charge is 2.61. The number of rotatable bonds is 9. The first-order valence-electron chi connectivity index (χ1n) is 12.8. The number of halogens is 4. The van der Waals surface area contributed by atoms with E-state index in [0.29, 0.717) is 22.9 Å². The Morgan fingerprint density at radius 1 is 1.13 bits per heavy atom. The topological polar surface area (TPSA) is 72.9 Å². The second-order valence-corrected chi connectivity index (χ2v) is 10.6. The first kappa shape index (κ1) is 29.8. The molecule has 2 N–H and O–H groups in total. The number of likely N-dealkylation sites (N-methyl/N-ethyl adjacent to an activating group) is 1. The molecule has 0 radical (unpaired) electrons. The number of carbonyl (C=O) groups excluding carboxylic acids is 2. The molecule has 2 amide bonds. The van der Waals surface area contributed by atoms with E-state index in [1.54, 1.807) is 12.1 Å².